The van der Waals surface area contributed by atoms with Crippen LogP contribution in [0, 0.1) is 5.82 Å². The number of phenols is 1. The molecule has 0 saturated heterocycles. The third kappa shape index (κ3) is 2.65. The average Bonchev–Trinajstić information content (AvgIpc) is 2.32. The van der Waals surface area contributed by atoms with Crippen molar-refractivity contribution in [1.29, 1.82) is 0 Å². The van der Waals surface area contributed by atoms with Gasteiger partial charge in [0.2, 0.25) is 0 Å². The van der Waals surface area contributed by atoms with Gasteiger partial charge in [-0.2, -0.15) is 0 Å². The molecule has 0 saturated carbocycles. The van der Waals surface area contributed by atoms with Gasteiger partial charge in [0.15, 0.2) is 0 Å². The van der Waals surface area contributed by atoms with E-state index in [2.05, 4.69) is 6.58 Å². The zero-order valence-electron chi connectivity index (χ0n) is 9.98. The number of rotatable bonds is 3. The maximum Gasteiger partial charge on any atom is 0.256 e. The molecule has 2 rings (SSSR count). The van der Waals surface area contributed by atoms with Crippen LogP contribution in [0.15, 0.2) is 48.7 Å². The number of hydrogen-bond donors (Lipinski definition) is 1. The molecule has 1 aromatic rings. The minimum absolute atomic E-state index is 0.103. The molecule has 0 spiro atoms. The van der Waals surface area contributed by atoms with Crippen LogP contribution in [0.1, 0.15) is 5.56 Å². The highest BCUT2D eigenvalue weighted by atomic mass is 19.3. The summed E-state index contributed by atoms with van der Waals surface area (Å²) in [5.41, 5.74) is 0.387. The van der Waals surface area contributed by atoms with Crippen molar-refractivity contribution in [3.63, 3.8) is 0 Å². The number of halogens is 3. The number of alkyl halides is 2. The van der Waals surface area contributed by atoms with Gasteiger partial charge in [0, 0.05) is 5.70 Å². The highest BCUT2D eigenvalue weighted by molar-refractivity contribution is 5.73. The van der Waals surface area contributed by atoms with Gasteiger partial charge in [-0.1, -0.05) is 18.7 Å². The predicted octanol–water partition coefficient (Wildman–Crippen LogP) is 3.52. The van der Waals surface area contributed by atoms with E-state index in [-0.39, 0.29) is 17.0 Å². The molecule has 0 aromatic heterocycles. The second kappa shape index (κ2) is 5.22. The van der Waals surface area contributed by atoms with Gasteiger partial charge in [0.05, 0.1) is 17.8 Å². The predicted molar refractivity (Wildman–Crippen MR) is 67.0 cm³/mol. The summed E-state index contributed by atoms with van der Waals surface area (Å²) in [6.07, 6.45) is 1.99. The molecule has 1 aliphatic heterocycles. The molecule has 1 N–H and O–H groups in total. The molecule has 1 heterocycles. The van der Waals surface area contributed by atoms with Crippen molar-refractivity contribution in [3.05, 3.63) is 60.1 Å². The third-order valence-electron chi connectivity index (χ3n) is 2.75. The van der Waals surface area contributed by atoms with Crippen molar-refractivity contribution < 1.29 is 18.3 Å². The largest absolute Gasteiger partial charge is 0.507 e. The number of aromatic hydroxyl groups is 1. The molecule has 1 aromatic carbocycles. The molecule has 0 amide bonds. The third-order valence-corrected chi connectivity index (χ3v) is 2.75. The van der Waals surface area contributed by atoms with Gasteiger partial charge in [-0.25, -0.2) is 13.2 Å². The normalized spacial score (nSPS) is 15.1. The molecule has 19 heavy (non-hydrogen) atoms. The van der Waals surface area contributed by atoms with Crippen molar-refractivity contribution in [1.82, 2.24) is 4.90 Å². The first-order valence-corrected chi connectivity index (χ1v) is 5.61. The van der Waals surface area contributed by atoms with Gasteiger partial charge in [0.1, 0.15) is 11.6 Å². The first-order chi connectivity index (χ1) is 9.00. The molecular weight excluding hydrogens is 255 g/mol. The van der Waals surface area contributed by atoms with Crippen LogP contribution in [-0.4, -0.2) is 23.0 Å². The van der Waals surface area contributed by atoms with Crippen LogP contribution >= 0.6 is 0 Å². The van der Waals surface area contributed by atoms with E-state index < -0.39 is 18.8 Å². The van der Waals surface area contributed by atoms with Crippen LogP contribution in [-0.2, 0) is 0 Å². The lowest BCUT2D eigenvalue weighted by molar-refractivity contribution is 0.123. The lowest BCUT2D eigenvalue weighted by Crippen LogP contribution is -2.27. The zero-order valence-corrected chi connectivity index (χ0v) is 9.98. The summed E-state index contributed by atoms with van der Waals surface area (Å²) in [6, 6.07) is 3.82. The lowest BCUT2D eigenvalue weighted by atomic mass is 10.1. The van der Waals surface area contributed by atoms with E-state index in [0.29, 0.717) is 5.70 Å². The smallest absolute Gasteiger partial charge is 0.256 e. The molecule has 0 fully saturated rings. The summed E-state index contributed by atoms with van der Waals surface area (Å²) >= 11 is 0. The van der Waals surface area contributed by atoms with E-state index in [1.54, 1.807) is 12.2 Å². The highest BCUT2D eigenvalue weighted by Crippen LogP contribution is 2.34. The van der Waals surface area contributed by atoms with E-state index in [1.165, 1.54) is 23.1 Å². The van der Waals surface area contributed by atoms with E-state index >= 15 is 0 Å². The molecule has 0 unspecified atom stereocenters. The molecule has 0 atom stereocenters. The second-order valence-corrected chi connectivity index (χ2v) is 4.04. The summed E-state index contributed by atoms with van der Waals surface area (Å²) < 4.78 is 39.0. The molecule has 2 nitrogen and oxygen atoms in total. The van der Waals surface area contributed by atoms with Gasteiger partial charge in [0.25, 0.3) is 6.43 Å². The Morgan fingerprint density at radius 1 is 1.32 bits per heavy atom. The first kappa shape index (κ1) is 13.3. The summed E-state index contributed by atoms with van der Waals surface area (Å²) in [6.45, 7) is 3.04. The standard InChI is InChI=1S/C14H12F3NO/c1-9-4-2-6-11(18(9)8-13(16)17)14-10(15)5-3-7-12(14)19/h2-7,13,19H,1,8H2. The highest BCUT2D eigenvalue weighted by Gasteiger charge is 2.24. The number of benzene rings is 1. The van der Waals surface area contributed by atoms with Crippen molar-refractivity contribution >= 4 is 5.70 Å². The van der Waals surface area contributed by atoms with Crippen LogP contribution in [0.4, 0.5) is 13.2 Å². The molecule has 100 valence electrons. The summed E-state index contributed by atoms with van der Waals surface area (Å²) in [5, 5.41) is 9.73. The van der Waals surface area contributed by atoms with E-state index in [1.807, 2.05) is 0 Å². The van der Waals surface area contributed by atoms with Crippen molar-refractivity contribution in [2.75, 3.05) is 6.54 Å². The average molecular weight is 267 g/mol. The summed E-state index contributed by atoms with van der Waals surface area (Å²) in [7, 11) is 0. The van der Waals surface area contributed by atoms with Crippen LogP contribution < -0.4 is 0 Å². The Hall–Kier alpha value is -2.17. The van der Waals surface area contributed by atoms with Crippen LogP contribution in [0.2, 0.25) is 0 Å². The van der Waals surface area contributed by atoms with Gasteiger partial charge in [-0.3, -0.25) is 0 Å². The molecule has 0 bridgehead atoms. The Morgan fingerprint density at radius 3 is 2.68 bits per heavy atom. The molecule has 0 radical (unpaired) electrons. The lowest BCUT2D eigenvalue weighted by Gasteiger charge is -2.30. The number of nitrogens with zero attached hydrogens (tertiary/aromatic N) is 1. The zero-order chi connectivity index (χ0) is 14.0. The number of hydrogen-bond acceptors (Lipinski definition) is 2. The van der Waals surface area contributed by atoms with Crippen molar-refractivity contribution in [2.45, 2.75) is 6.43 Å². The van der Waals surface area contributed by atoms with E-state index in [0.717, 1.165) is 6.07 Å². The fourth-order valence-electron chi connectivity index (χ4n) is 1.92. The Morgan fingerprint density at radius 2 is 2.05 bits per heavy atom. The Bertz CT molecular complexity index is 544. The van der Waals surface area contributed by atoms with Gasteiger partial charge in [-0.15, -0.1) is 0 Å². The van der Waals surface area contributed by atoms with Gasteiger partial charge < -0.3 is 10.0 Å². The summed E-state index contributed by atoms with van der Waals surface area (Å²) in [5.74, 6) is -0.970. The Labute approximate surface area is 108 Å². The Balaban J connectivity index is 2.48. The van der Waals surface area contributed by atoms with Gasteiger partial charge >= 0.3 is 0 Å². The van der Waals surface area contributed by atoms with Crippen molar-refractivity contribution in [2.24, 2.45) is 0 Å². The number of phenolic OH excluding ortho intramolecular Hbond substituents is 1. The van der Waals surface area contributed by atoms with Crippen LogP contribution in [0.25, 0.3) is 5.70 Å². The van der Waals surface area contributed by atoms with Gasteiger partial charge in [-0.05, 0) is 24.3 Å². The molecule has 5 heteroatoms. The molecule has 0 aliphatic carbocycles. The van der Waals surface area contributed by atoms with E-state index in [4.69, 9.17) is 0 Å². The topological polar surface area (TPSA) is 23.5 Å². The monoisotopic (exact) mass is 267 g/mol. The first-order valence-electron chi connectivity index (χ1n) is 5.61. The van der Waals surface area contributed by atoms with Crippen LogP contribution in [0.5, 0.6) is 5.75 Å². The number of allylic oxidation sites excluding steroid dienone is 3. The van der Waals surface area contributed by atoms with E-state index in [9.17, 15) is 18.3 Å². The maximum absolute atomic E-state index is 13.8. The van der Waals surface area contributed by atoms with Crippen LogP contribution in [0.3, 0.4) is 0 Å². The fourth-order valence-corrected chi connectivity index (χ4v) is 1.92. The molecule has 1 aliphatic rings. The Kier molecular flexibility index (Phi) is 3.64. The molecular formula is C14H12F3NO. The maximum atomic E-state index is 13.8. The quantitative estimate of drug-likeness (QED) is 0.905. The second-order valence-electron chi connectivity index (χ2n) is 4.04. The van der Waals surface area contributed by atoms with Crippen molar-refractivity contribution in [3.8, 4) is 5.75 Å². The minimum Gasteiger partial charge on any atom is -0.507 e. The minimum atomic E-state index is -2.60. The fraction of sp³-hybridized carbons (Fsp3) is 0.143. The SMILES string of the molecule is C=C1C=CC=C(c2c(O)cccc2F)N1CC(F)F. The summed E-state index contributed by atoms with van der Waals surface area (Å²) in [4.78, 5) is 1.18.